The number of nitrogens with zero attached hydrogens (tertiary/aromatic N) is 3. The van der Waals surface area contributed by atoms with Crippen molar-refractivity contribution in [1.29, 1.82) is 0 Å². The summed E-state index contributed by atoms with van der Waals surface area (Å²) in [6.07, 6.45) is 0. The molecule has 2 heterocycles. The van der Waals surface area contributed by atoms with Gasteiger partial charge in [0, 0.05) is 36.9 Å². The highest BCUT2D eigenvalue weighted by Gasteiger charge is 2.20. The summed E-state index contributed by atoms with van der Waals surface area (Å²) in [5.41, 5.74) is 14.4. The van der Waals surface area contributed by atoms with E-state index in [1.165, 1.54) is 42.6 Å². The molecule has 0 aliphatic rings. The van der Waals surface area contributed by atoms with E-state index in [2.05, 4.69) is 218 Å². The first-order chi connectivity index (χ1) is 30.2. The third kappa shape index (κ3) is 7.09. The van der Waals surface area contributed by atoms with Gasteiger partial charge in [0.05, 0.1) is 0 Å². The van der Waals surface area contributed by atoms with Gasteiger partial charge >= 0.3 is 0 Å². The molecule has 0 saturated heterocycles. The molecule has 0 bridgehead atoms. The molecule has 9 aromatic carbocycles. The summed E-state index contributed by atoms with van der Waals surface area (Å²) in [5, 5.41) is 2.33. The van der Waals surface area contributed by atoms with Crippen molar-refractivity contribution in [2.24, 2.45) is 0 Å². The molecule has 3 nitrogen and oxygen atoms in total. The zero-order chi connectivity index (χ0) is 40.5. The Labute approximate surface area is 359 Å². The number of benzene rings is 9. The van der Waals surface area contributed by atoms with Crippen LogP contribution in [0, 0.1) is 0 Å². The zero-order valence-electron chi connectivity index (χ0n) is 33.1. The Bertz CT molecular complexity index is 3270. The van der Waals surface area contributed by atoms with Gasteiger partial charge in [0.15, 0.2) is 17.5 Å². The van der Waals surface area contributed by atoms with Gasteiger partial charge in [-0.2, -0.15) is 0 Å². The molecule has 0 aliphatic carbocycles. The fraction of sp³-hybridized carbons (Fsp3) is 0. The van der Waals surface area contributed by atoms with Crippen molar-refractivity contribution in [2.45, 2.75) is 0 Å². The minimum Gasteiger partial charge on any atom is -0.208 e. The van der Waals surface area contributed by atoms with E-state index in [0.717, 1.165) is 49.9 Å². The lowest BCUT2D eigenvalue weighted by Gasteiger charge is -2.13. The molecular weight excluding hydrogens is 759 g/mol. The topological polar surface area (TPSA) is 38.7 Å². The first kappa shape index (κ1) is 36.3. The number of aromatic nitrogens is 3. The molecule has 0 N–H and O–H groups in total. The lowest BCUT2D eigenvalue weighted by molar-refractivity contribution is 1.08. The summed E-state index contributed by atoms with van der Waals surface area (Å²) in [7, 11) is 0. The van der Waals surface area contributed by atoms with Gasteiger partial charge < -0.3 is 0 Å². The van der Waals surface area contributed by atoms with E-state index in [0.29, 0.717) is 17.5 Å². The van der Waals surface area contributed by atoms with Gasteiger partial charge in [0.25, 0.3) is 0 Å². The number of hydrogen-bond acceptors (Lipinski definition) is 4. The quantitative estimate of drug-likeness (QED) is 0.154. The lowest BCUT2D eigenvalue weighted by Crippen LogP contribution is -2.01. The lowest BCUT2D eigenvalue weighted by atomic mass is 9.95. The molecule has 2 aromatic heterocycles. The smallest absolute Gasteiger partial charge is 0.164 e. The normalized spacial score (nSPS) is 11.3. The third-order valence-corrected chi connectivity index (χ3v) is 12.5. The van der Waals surface area contributed by atoms with Gasteiger partial charge in [-0.1, -0.05) is 194 Å². The van der Waals surface area contributed by atoms with Gasteiger partial charge in [0.2, 0.25) is 0 Å². The highest BCUT2D eigenvalue weighted by Crippen LogP contribution is 2.44. The van der Waals surface area contributed by atoms with Crippen molar-refractivity contribution in [2.75, 3.05) is 0 Å². The van der Waals surface area contributed by atoms with E-state index in [4.69, 9.17) is 15.0 Å². The molecule has 0 unspecified atom stereocenters. The summed E-state index contributed by atoms with van der Waals surface area (Å²) >= 11 is 1.82. The molecule has 11 rings (SSSR count). The minimum absolute atomic E-state index is 0.622. The van der Waals surface area contributed by atoms with Crippen LogP contribution in [0.15, 0.2) is 224 Å². The Morgan fingerprint density at radius 2 is 0.672 bits per heavy atom. The van der Waals surface area contributed by atoms with Crippen LogP contribution in [0.1, 0.15) is 0 Å². The van der Waals surface area contributed by atoms with E-state index in [-0.39, 0.29) is 0 Å². The fourth-order valence-electron chi connectivity index (χ4n) is 8.31. The van der Waals surface area contributed by atoms with Crippen molar-refractivity contribution in [3.05, 3.63) is 224 Å². The number of hydrogen-bond donors (Lipinski definition) is 0. The van der Waals surface area contributed by atoms with Crippen LogP contribution in [0.3, 0.4) is 0 Å². The second-order valence-corrected chi connectivity index (χ2v) is 16.2. The van der Waals surface area contributed by atoms with Gasteiger partial charge in [-0.3, -0.25) is 0 Å². The van der Waals surface area contributed by atoms with E-state index in [1.54, 1.807) is 0 Å². The van der Waals surface area contributed by atoms with E-state index >= 15 is 0 Å². The summed E-state index contributed by atoms with van der Waals surface area (Å²) in [4.78, 5) is 16.0. The maximum Gasteiger partial charge on any atom is 0.164 e. The van der Waals surface area contributed by atoms with Gasteiger partial charge in [-0.05, 0) is 86.0 Å². The van der Waals surface area contributed by atoms with E-state index in [1.807, 2.05) is 17.4 Å². The van der Waals surface area contributed by atoms with Crippen LogP contribution in [-0.2, 0) is 0 Å². The van der Waals surface area contributed by atoms with Crippen molar-refractivity contribution in [3.63, 3.8) is 0 Å². The minimum atomic E-state index is 0.622. The zero-order valence-corrected chi connectivity index (χ0v) is 33.9. The molecule has 4 heteroatoms. The first-order valence-corrected chi connectivity index (χ1v) is 21.3. The maximum absolute atomic E-state index is 5.38. The molecule has 0 radical (unpaired) electrons. The average molecular weight is 796 g/mol. The predicted octanol–water partition coefficient (Wildman–Crippen LogP) is 15.6. The Balaban J connectivity index is 1.11. The Morgan fingerprint density at radius 1 is 0.262 bits per heavy atom. The van der Waals surface area contributed by atoms with E-state index in [9.17, 15) is 0 Å². The average Bonchev–Trinajstić information content (AvgIpc) is 3.74. The van der Waals surface area contributed by atoms with Crippen molar-refractivity contribution >= 4 is 31.5 Å². The molecule has 0 aliphatic heterocycles. The van der Waals surface area contributed by atoms with Crippen molar-refractivity contribution in [3.8, 4) is 89.8 Å². The molecule has 0 spiro atoms. The third-order valence-electron chi connectivity index (χ3n) is 11.3. The summed E-state index contributed by atoms with van der Waals surface area (Å²) in [6.45, 7) is 0. The Kier molecular flexibility index (Phi) is 9.38. The van der Waals surface area contributed by atoms with Crippen LogP contribution in [0.25, 0.3) is 110 Å². The van der Waals surface area contributed by atoms with Crippen LogP contribution >= 0.6 is 11.3 Å². The summed E-state index contributed by atoms with van der Waals surface area (Å²) in [5.74, 6) is 1.89. The Morgan fingerprint density at radius 3 is 1.30 bits per heavy atom. The van der Waals surface area contributed by atoms with Gasteiger partial charge in [-0.15, -0.1) is 11.3 Å². The second-order valence-electron chi connectivity index (χ2n) is 15.2. The molecule has 0 atom stereocenters. The van der Waals surface area contributed by atoms with Crippen LogP contribution < -0.4 is 0 Å². The number of thiophene rings is 1. The van der Waals surface area contributed by atoms with E-state index < -0.39 is 0 Å². The highest BCUT2D eigenvalue weighted by molar-refractivity contribution is 7.26. The van der Waals surface area contributed by atoms with Gasteiger partial charge in [-0.25, -0.2) is 15.0 Å². The van der Waals surface area contributed by atoms with Crippen molar-refractivity contribution in [1.82, 2.24) is 15.0 Å². The standard InChI is InChI=1S/C57H37N3S/c1-5-16-38(17-6-1)42-30-32-43(33-31-42)55-58-56(48-36-46(40-20-9-3-10-21-40)35-47(37-48)41-22-11-4-12-23-41)60-57(59-55)51-28-15-29-52-53(51)50-27-14-26-49(54(50)61-52)45-25-13-24-44(34-45)39-18-7-2-8-19-39/h1-37H. The highest BCUT2D eigenvalue weighted by atomic mass is 32.1. The predicted molar refractivity (Wildman–Crippen MR) is 256 cm³/mol. The SMILES string of the molecule is c1ccc(-c2ccc(-c3nc(-c4cc(-c5ccccc5)cc(-c5ccccc5)c4)nc(-c4cccc5sc6c(-c7cccc(-c8ccccc8)c7)cccc6c45)n3)cc2)cc1. The first-order valence-electron chi connectivity index (χ1n) is 20.5. The van der Waals surface area contributed by atoms with Gasteiger partial charge in [0.1, 0.15) is 0 Å². The molecule has 61 heavy (non-hydrogen) atoms. The summed E-state index contributed by atoms with van der Waals surface area (Å²) < 4.78 is 2.43. The van der Waals surface area contributed by atoms with Crippen LogP contribution in [0.2, 0.25) is 0 Å². The maximum atomic E-state index is 5.38. The molecule has 0 fully saturated rings. The fourth-order valence-corrected chi connectivity index (χ4v) is 9.57. The molecule has 11 aromatic rings. The molecule has 0 amide bonds. The van der Waals surface area contributed by atoms with Crippen LogP contribution in [0.5, 0.6) is 0 Å². The Hall–Kier alpha value is -7.79. The second kappa shape index (κ2) is 15.8. The number of fused-ring (bicyclic) bond motifs is 3. The molecule has 286 valence electrons. The summed E-state index contributed by atoms with van der Waals surface area (Å²) in [6, 6.07) is 79.3. The van der Waals surface area contributed by atoms with Crippen LogP contribution in [0.4, 0.5) is 0 Å². The molecule has 0 saturated carbocycles. The molecular formula is C57H37N3S. The monoisotopic (exact) mass is 795 g/mol. The van der Waals surface area contributed by atoms with Crippen molar-refractivity contribution < 1.29 is 0 Å². The van der Waals surface area contributed by atoms with Crippen LogP contribution in [-0.4, -0.2) is 15.0 Å². The largest absolute Gasteiger partial charge is 0.208 e. The number of rotatable bonds is 8.